The van der Waals surface area contributed by atoms with Gasteiger partial charge in [0.05, 0.1) is 17.9 Å². The highest BCUT2D eigenvalue weighted by atomic mass is 14.3. The van der Waals surface area contributed by atoms with Crippen LogP contribution in [0.5, 0.6) is 0 Å². The molecular weight excluding hydrogens is 420 g/mol. The van der Waals surface area contributed by atoms with Gasteiger partial charge in [-0.05, 0) is 69.1 Å². The maximum Gasteiger partial charge on any atom is 0.117 e. The summed E-state index contributed by atoms with van der Waals surface area (Å²) in [5.74, 6) is 0.810. The minimum atomic E-state index is 0.291. The Hall–Kier alpha value is -2.69. The second-order valence-electron chi connectivity index (χ2n) is 11.6. The van der Waals surface area contributed by atoms with Crippen LogP contribution in [0, 0.1) is 23.7 Å². The number of rotatable bonds is 6. The number of hydrogen-bond acceptors (Lipinski definition) is 0. The van der Waals surface area contributed by atoms with Crippen molar-refractivity contribution in [2.75, 3.05) is 0 Å². The third-order valence-electron chi connectivity index (χ3n) is 7.62. The molecule has 0 bridgehead atoms. The summed E-state index contributed by atoms with van der Waals surface area (Å²) in [5.41, 5.74) is 16.3. The van der Waals surface area contributed by atoms with Crippen LogP contribution in [-0.4, -0.2) is 0 Å². The van der Waals surface area contributed by atoms with Gasteiger partial charge in [0.25, 0.3) is 0 Å². The van der Waals surface area contributed by atoms with E-state index < -0.39 is 0 Å². The molecule has 0 aromatic carbocycles. The second kappa shape index (κ2) is 11.4. The first-order valence-electron chi connectivity index (χ1n) is 13.3. The Kier molecular flexibility index (Phi) is 8.74. The third kappa shape index (κ3) is 6.71. The summed E-state index contributed by atoms with van der Waals surface area (Å²) >= 11 is 0. The van der Waals surface area contributed by atoms with Gasteiger partial charge >= 0.3 is 0 Å². The van der Waals surface area contributed by atoms with Crippen molar-refractivity contribution in [2.24, 2.45) is 17.3 Å². The van der Waals surface area contributed by atoms with E-state index in [2.05, 4.69) is 129 Å². The summed E-state index contributed by atoms with van der Waals surface area (Å²) in [6.45, 7) is 20.4. The van der Waals surface area contributed by atoms with Crippen LogP contribution < -0.4 is 0 Å². The smallest absolute Gasteiger partial charge is 0.0696 e. The van der Waals surface area contributed by atoms with Crippen molar-refractivity contribution in [3.05, 3.63) is 117 Å². The Morgan fingerprint density at radius 2 is 1.80 bits per heavy atom. The lowest BCUT2D eigenvalue weighted by Crippen LogP contribution is -2.19. The summed E-state index contributed by atoms with van der Waals surface area (Å²) < 4.78 is 0. The Bertz CT molecular complexity index is 1150. The number of fused-ring (bicyclic) bond motifs is 1. The lowest BCUT2D eigenvalue weighted by molar-refractivity contribution is 0.377. The van der Waals surface area contributed by atoms with E-state index in [0.717, 1.165) is 0 Å². The minimum Gasteiger partial charge on any atom is -0.0696 e. The quantitative estimate of drug-likeness (QED) is 0.208. The van der Waals surface area contributed by atoms with Crippen molar-refractivity contribution < 1.29 is 0 Å². The predicted molar refractivity (Wildman–Crippen MR) is 155 cm³/mol. The summed E-state index contributed by atoms with van der Waals surface area (Å²) in [7, 11) is 0. The second-order valence-corrected chi connectivity index (χ2v) is 11.6. The van der Waals surface area contributed by atoms with Gasteiger partial charge < -0.3 is 0 Å². The van der Waals surface area contributed by atoms with E-state index in [0.29, 0.717) is 17.3 Å². The molecule has 0 saturated carbocycles. The molecule has 0 radical (unpaired) electrons. The van der Waals surface area contributed by atoms with Gasteiger partial charge in [0.2, 0.25) is 0 Å². The third-order valence-corrected chi connectivity index (χ3v) is 7.62. The van der Waals surface area contributed by atoms with Gasteiger partial charge in [0.15, 0.2) is 0 Å². The molecule has 0 N–H and O–H groups in total. The summed E-state index contributed by atoms with van der Waals surface area (Å²) in [6.07, 6.45) is 26.4. The molecule has 0 aromatic heterocycles. The number of hydrogen-bond donors (Lipinski definition) is 0. The van der Waals surface area contributed by atoms with Gasteiger partial charge in [0, 0.05) is 30.2 Å². The molecule has 0 heterocycles. The maximum absolute atomic E-state index is 3.73. The molecule has 3 rings (SSSR count). The van der Waals surface area contributed by atoms with Crippen molar-refractivity contribution in [1.29, 1.82) is 0 Å². The fourth-order valence-corrected chi connectivity index (χ4v) is 5.38. The highest BCUT2D eigenvalue weighted by molar-refractivity contribution is 5.58. The Labute approximate surface area is 215 Å². The predicted octanol–water partition coefficient (Wildman–Crippen LogP) is 10.3. The van der Waals surface area contributed by atoms with E-state index in [1.54, 1.807) is 5.57 Å². The van der Waals surface area contributed by atoms with Crippen LogP contribution in [0.15, 0.2) is 111 Å². The monoisotopic (exact) mass is 465 g/mol. The van der Waals surface area contributed by atoms with Gasteiger partial charge in [-0.2, -0.15) is 0 Å². The van der Waals surface area contributed by atoms with E-state index in [-0.39, 0.29) is 0 Å². The Morgan fingerprint density at radius 1 is 1.09 bits per heavy atom. The summed E-state index contributed by atoms with van der Waals surface area (Å²) in [6, 6.07) is 0. The lowest BCUT2D eigenvalue weighted by atomic mass is 9.72. The van der Waals surface area contributed by atoms with Crippen LogP contribution >= 0.6 is 0 Å². The molecule has 3 aliphatic rings. The zero-order chi connectivity index (χ0) is 25.8. The number of allylic oxidation sites excluding steroid dienone is 17. The summed E-state index contributed by atoms with van der Waals surface area (Å²) in [4.78, 5) is 0. The SMILES string of the molecule is CC1=C\C(=C/C=C(C)/C=C/C=C(C)/C=C/C2=C(C)CCCC2(C)C)C2C1=C=C(C(C)C)[CH+]C=C2C. The Balaban J connectivity index is 1.74. The zero-order valence-electron chi connectivity index (χ0n) is 23.5. The van der Waals surface area contributed by atoms with Crippen LogP contribution in [-0.2, 0) is 0 Å². The molecule has 35 heavy (non-hydrogen) atoms. The largest absolute Gasteiger partial charge is 0.117 e. The zero-order valence-corrected chi connectivity index (χ0v) is 23.5. The van der Waals surface area contributed by atoms with Gasteiger partial charge in [-0.3, -0.25) is 0 Å². The van der Waals surface area contributed by atoms with Crippen LogP contribution in [0.2, 0.25) is 0 Å². The van der Waals surface area contributed by atoms with Gasteiger partial charge in [-0.15, -0.1) is 0 Å². The van der Waals surface area contributed by atoms with Crippen molar-refractivity contribution in [3.8, 4) is 0 Å². The fourth-order valence-electron chi connectivity index (χ4n) is 5.38. The molecule has 0 heteroatoms. The normalized spacial score (nSPS) is 24.5. The summed E-state index contributed by atoms with van der Waals surface area (Å²) in [5, 5.41) is 0. The molecule has 1 atom stereocenters. The van der Waals surface area contributed by atoms with Crippen LogP contribution in [0.1, 0.15) is 81.6 Å². The van der Waals surface area contributed by atoms with Gasteiger partial charge in [-0.1, -0.05) is 93.0 Å². The average Bonchev–Trinajstić information content (AvgIpc) is 2.96. The van der Waals surface area contributed by atoms with Crippen molar-refractivity contribution >= 4 is 0 Å². The molecular formula is C35H45+. The molecule has 0 spiro atoms. The topological polar surface area (TPSA) is 0 Å². The van der Waals surface area contributed by atoms with Crippen LogP contribution in [0.25, 0.3) is 0 Å². The lowest BCUT2D eigenvalue weighted by Gasteiger charge is -2.32. The van der Waals surface area contributed by atoms with Crippen LogP contribution in [0.3, 0.4) is 0 Å². The maximum atomic E-state index is 3.73. The van der Waals surface area contributed by atoms with Crippen molar-refractivity contribution in [2.45, 2.75) is 81.6 Å². The first kappa shape index (κ1) is 26.9. The van der Waals surface area contributed by atoms with E-state index >= 15 is 0 Å². The molecule has 184 valence electrons. The van der Waals surface area contributed by atoms with E-state index in [1.807, 2.05) is 0 Å². The van der Waals surface area contributed by atoms with Crippen molar-refractivity contribution in [3.63, 3.8) is 0 Å². The highest BCUT2D eigenvalue weighted by Crippen LogP contribution is 2.42. The molecule has 0 saturated heterocycles. The Morgan fingerprint density at radius 3 is 2.49 bits per heavy atom. The molecule has 0 aromatic rings. The molecule has 0 fully saturated rings. The average molecular weight is 466 g/mol. The van der Waals surface area contributed by atoms with E-state index in [1.165, 1.54) is 63.8 Å². The van der Waals surface area contributed by atoms with Crippen molar-refractivity contribution in [1.82, 2.24) is 0 Å². The van der Waals surface area contributed by atoms with Gasteiger partial charge in [-0.25, -0.2) is 0 Å². The standard InChI is InChI=1S/C35H45/c1-24(2)30-19-17-28(6)34-31(22-29(7)32(34)23-30)18-15-25(3)12-10-13-26(4)16-20-33-27(5)14-11-21-35(33,8)9/h10,12-13,15-20,22,24,34H,11,14,21H2,1-9H3/q+1/b12-10+,20-16+,25-15+,26-13+,31-18+. The molecule has 3 aliphatic carbocycles. The van der Waals surface area contributed by atoms with Gasteiger partial charge in [0.1, 0.15) is 5.57 Å². The van der Waals surface area contributed by atoms with E-state index in [9.17, 15) is 0 Å². The first-order chi connectivity index (χ1) is 16.5. The molecule has 0 nitrogen and oxygen atoms in total. The molecule has 0 aliphatic heterocycles. The van der Waals surface area contributed by atoms with Crippen LogP contribution in [0.4, 0.5) is 0 Å². The fraction of sp³-hybridized carbons (Fsp3) is 0.429. The molecule has 0 amide bonds. The molecule has 1 unspecified atom stereocenters. The van der Waals surface area contributed by atoms with E-state index in [4.69, 9.17) is 0 Å². The highest BCUT2D eigenvalue weighted by Gasteiger charge is 2.33. The minimum absolute atomic E-state index is 0.291. The first-order valence-corrected chi connectivity index (χ1v) is 13.3.